The average Bonchev–Trinajstić information content (AvgIpc) is 2.15. The molecule has 0 spiro atoms. The second-order valence-corrected chi connectivity index (χ2v) is 2.53. The number of anilines is 1. The van der Waals surface area contributed by atoms with Gasteiger partial charge in [0.1, 0.15) is 12.4 Å². The molecule has 80 valence electrons. The predicted octanol–water partition coefficient (Wildman–Crippen LogP) is 0.625. The Labute approximate surface area is 82.7 Å². The first kappa shape index (κ1) is 10.8. The fourth-order valence-electron chi connectivity index (χ4n) is 0.863. The molecule has 0 aliphatic carbocycles. The van der Waals surface area contributed by atoms with Crippen LogP contribution in [0, 0.1) is 15.9 Å². The third kappa shape index (κ3) is 2.86. The molecule has 0 aliphatic heterocycles. The fourth-order valence-corrected chi connectivity index (χ4v) is 0.863. The molecule has 0 bridgehead atoms. The van der Waals surface area contributed by atoms with Gasteiger partial charge in [-0.05, 0) is 0 Å². The molecule has 0 radical (unpaired) electrons. The lowest BCUT2D eigenvalue weighted by atomic mass is 10.4. The second kappa shape index (κ2) is 4.31. The standard InChI is InChI=1S/C7H6FN3O4/c8-4-1-5(11(14)15)7(9-2-4)10-3-6(12)13/h1-2H,3H2,(H,9,10)(H,12,13). The highest BCUT2D eigenvalue weighted by molar-refractivity contribution is 5.73. The van der Waals surface area contributed by atoms with Crippen LogP contribution in [0.3, 0.4) is 0 Å². The third-order valence-corrected chi connectivity index (χ3v) is 1.44. The molecule has 0 fully saturated rings. The van der Waals surface area contributed by atoms with Crippen LogP contribution in [0.5, 0.6) is 0 Å². The summed E-state index contributed by atoms with van der Waals surface area (Å²) in [5.74, 6) is -2.33. The molecule has 0 aliphatic rings. The minimum absolute atomic E-state index is 0.274. The number of nitro groups is 1. The summed E-state index contributed by atoms with van der Waals surface area (Å²) in [6.45, 7) is -0.528. The Kier molecular flexibility index (Phi) is 3.11. The number of pyridine rings is 1. The summed E-state index contributed by atoms with van der Waals surface area (Å²) in [5, 5.41) is 21.0. The summed E-state index contributed by atoms with van der Waals surface area (Å²) in [5.41, 5.74) is -0.601. The number of aromatic nitrogens is 1. The molecule has 2 N–H and O–H groups in total. The molecule has 7 nitrogen and oxygen atoms in total. The quantitative estimate of drug-likeness (QED) is 0.563. The van der Waals surface area contributed by atoms with E-state index >= 15 is 0 Å². The number of carboxylic acid groups (broad SMARTS) is 1. The first-order valence-corrected chi connectivity index (χ1v) is 3.76. The Balaban J connectivity index is 2.95. The van der Waals surface area contributed by atoms with E-state index in [-0.39, 0.29) is 5.82 Å². The number of carbonyl (C=O) groups is 1. The van der Waals surface area contributed by atoms with Crippen LogP contribution in [0.2, 0.25) is 0 Å². The van der Waals surface area contributed by atoms with Crippen molar-refractivity contribution in [2.24, 2.45) is 0 Å². The molecular weight excluding hydrogens is 209 g/mol. The van der Waals surface area contributed by atoms with Crippen molar-refractivity contribution in [3.05, 3.63) is 28.2 Å². The summed E-state index contributed by atoms with van der Waals surface area (Å²) < 4.78 is 12.6. The summed E-state index contributed by atoms with van der Waals surface area (Å²) in [4.78, 5) is 23.1. The molecule has 15 heavy (non-hydrogen) atoms. The zero-order valence-electron chi connectivity index (χ0n) is 7.31. The van der Waals surface area contributed by atoms with Crippen molar-refractivity contribution < 1.29 is 19.2 Å². The molecule has 0 unspecified atom stereocenters. The van der Waals surface area contributed by atoms with Gasteiger partial charge in [-0.2, -0.15) is 0 Å². The van der Waals surface area contributed by atoms with Gasteiger partial charge in [0, 0.05) is 0 Å². The molecule has 0 saturated carbocycles. The van der Waals surface area contributed by atoms with Crippen molar-refractivity contribution in [2.45, 2.75) is 0 Å². The molecule has 0 saturated heterocycles. The zero-order valence-corrected chi connectivity index (χ0v) is 7.31. The van der Waals surface area contributed by atoms with Crippen molar-refractivity contribution in [3.8, 4) is 0 Å². The minimum atomic E-state index is -1.20. The summed E-state index contributed by atoms with van der Waals surface area (Å²) in [6.07, 6.45) is 0.761. The SMILES string of the molecule is O=C(O)CNc1ncc(F)cc1[N+](=O)[O-]. The molecule has 1 rings (SSSR count). The van der Waals surface area contributed by atoms with Gasteiger partial charge in [-0.3, -0.25) is 14.9 Å². The number of halogens is 1. The molecule has 8 heteroatoms. The van der Waals surface area contributed by atoms with Crippen LogP contribution >= 0.6 is 0 Å². The van der Waals surface area contributed by atoms with E-state index in [1.807, 2.05) is 0 Å². The monoisotopic (exact) mass is 215 g/mol. The van der Waals surface area contributed by atoms with E-state index < -0.39 is 28.9 Å². The smallest absolute Gasteiger partial charge is 0.322 e. The molecule has 0 aromatic carbocycles. The third-order valence-electron chi connectivity index (χ3n) is 1.44. The summed E-state index contributed by atoms with van der Waals surface area (Å²) in [7, 11) is 0. The van der Waals surface area contributed by atoms with Crippen LogP contribution in [-0.4, -0.2) is 27.5 Å². The van der Waals surface area contributed by atoms with Crippen LogP contribution < -0.4 is 5.32 Å². The van der Waals surface area contributed by atoms with Gasteiger partial charge in [-0.15, -0.1) is 0 Å². The minimum Gasteiger partial charge on any atom is -0.480 e. The molecule has 1 heterocycles. The van der Waals surface area contributed by atoms with Crippen molar-refractivity contribution >= 4 is 17.5 Å². The maximum Gasteiger partial charge on any atom is 0.322 e. The van der Waals surface area contributed by atoms with Crippen molar-refractivity contribution in [1.29, 1.82) is 0 Å². The van der Waals surface area contributed by atoms with E-state index in [0.717, 1.165) is 6.20 Å². The summed E-state index contributed by atoms with van der Waals surface area (Å²) in [6, 6.07) is 0.664. The van der Waals surface area contributed by atoms with Crippen LogP contribution in [0.1, 0.15) is 0 Å². The molecule has 0 amide bonds. The van der Waals surface area contributed by atoms with Crippen LogP contribution in [-0.2, 0) is 4.79 Å². The van der Waals surface area contributed by atoms with Crippen molar-refractivity contribution in [2.75, 3.05) is 11.9 Å². The molecular formula is C7H6FN3O4. The highest BCUT2D eigenvalue weighted by Crippen LogP contribution is 2.21. The zero-order chi connectivity index (χ0) is 11.4. The number of hydrogen-bond donors (Lipinski definition) is 2. The van der Waals surface area contributed by atoms with Crippen LogP contribution in [0.15, 0.2) is 12.3 Å². The lowest BCUT2D eigenvalue weighted by molar-refractivity contribution is -0.384. The second-order valence-electron chi connectivity index (χ2n) is 2.53. The Morgan fingerprint density at radius 3 is 2.93 bits per heavy atom. The van der Waals surface area contributed by atoms with Gasteiger partial charge < -0.3 is 10.4 Å². The maximum absolute atomic E-state index is 12.6. The predicted molar refractivity (Wildman–Crippen MR) is 47.0 cm³/mol. The Morgan fingerprint density at radius 2 is 2.40 bits per heavy atom. The van der Waals surface area contributed by atoms with Gasteiger partial charge in [-0.25, -0.2) is 9.37 Å². The van der Waals surface area contributed by atoms with E-state index in [0.29, 0.717) is 6.07 Å². The van der Waals surface area contributed by atoms with Crippen molar-refractivity contribution in [1.82, 2.24) is 4.98 Å². The van der Waals surface area contributed by atoms with E-state index in [1.54, 1.807) is 0 Å². The average molecular weight is 215 g/mol. The molecule has 1 aromatic heterocycles. The largest absolute Gasteiger partial charge is 0.480 e. The highest BCUT2D eigenvalue weighted by atomic mass is 19.1. The van der Waals surface area contributed by atoms with Crippen LogP contribution in [0.4, 0.5) is 15.9 Å². The number of rotatable bonds is 4. The Bertz CT molecular complexity index is 409. The Morgan fingerprint density at radius 1 is 1.73 bits per heavy atom. The first-order chi connectivity index (χ1) is 7.00. The Hall–Kier alpha value is -2.25. The van der Waals surface area contributed by atoms with E-state index in [4.69, 9.17) is 5.11 Å². The van der Waals surface area contributed by atoms with E-state index in [1.165, 1.54) is 0 Å². The lowest BCUT2D eigenvalue weighted by Gasteiger charge is -2.02. The summed E-state index contributed by atoms with van der Waals surface area (Å²) >= 11 is 0. The first-order valence-electron chi connectivity index (χ1n) is 3.76. The fraction of sp³-hybridized carbons (Fsp3) is 0.143. The number of hydrogen-bond acceptors (Lipinski definition) is 5. The number of nitrogens with zero attached hydrogens (tertiary/aromatic N) is 2. The lowest BCUT2D eigenvalue weighted by Crippen LogP contribution is -2.14. The van der Waals surface area contributed by atoms with Crippen molar-refractivity contribution in [3.63, 3.8) is 0 Å². The van der Waals surface area contributed by atoms with Gasteiger partial charge in [0.25, 0.3) is 0 Å². The van der Waals surface area contributed by atoms with E-state index in [2.05, 4.69) is 10.3 Å². The topological polar surface area (TPSA) is 105 Å². The molecule has 1 aromatic rings. The van der Waals surface area contributed by atoms with Gasteiger partial charge in [-0.1, -0.05) is 0 Å². The maximum atomic E-state index is 12.6. The van der Waals surface area contributed by atoms with Gasteiger partial charge in [0.2, 0.25) is 5.82 Å². The van der Waals surface area contributed by atoms with Gasteiger partial charge >= 0.3 is 11.7 Å². The number of aliphatic carboxylic acids is 1. The van der Waals surface area contributed by atoms with Crippen LogP contribution in [0.25, 0.3) is 0 Å². The normalized spacial score (nSPS) is 9.67. The van der Waals surface area contributed by atoms with E-state index in [9.17, 15) is 19.3 Å². The van der Waals surface area contributed by atoms with Gasteiger partial charge in [0.15, 0.2) is 0 Å². The number of carboxylic acids is 1. The molecule has 0 atom stereocenters. The highest BCUT2D eigenvalue weighted by Gasteiger charge is 2.16. The van der Waals surface area contributed by atoms with Gasteiger partial charge in [0.05, 0.1) is 17.2 Å². The number of nitrogens with one attached hydrogen (secondary N) is 1.